The largest absolute Gasteiger partial charge is 0.491 e. The highest BCUT2D eigenvalue weighted by atomic mass is 16.5. The van der Waals surface area contributed by atoms with Crippen LogP contribution in [0.5, 0.6) is 5.75 Å². The molecular formula is C15H19NO3. The summed E-state index contributed by atoms with van der Waals surface area (Å²) in [6.45, 7) is 6.19. The van der Waals surface area contributed by atoms with E-state index in [0.717, 1.165) is 11.3 Å². The fourth-order valence-electron chi connectivity index (χ4n) is 2.33. The average molecular weight is 261 g/mol. The summed E-state index contributed by atoms with van der Waals surface area (Å²) in [5.74, 6) is 0.272. The number of carbonyl (C=O) groups is 2. The van der Waals surface area contributed by atoms with Crippen LogP contribution >= 0.6 is 0 Å². The molecule has 1 atom stereocenters. The molecule has 0 unspecified atom stereocenters. The van der Waals surface area contributed by atoms with Gasteiger partial charge in [-0.15, -0.1) is 0 Å². The van der Waals surface area contributed by atoms with Crippen molar-refractivity contribution < 1.29 is 14.3 Å². The average Bonchev–Trinajstić information content (AvgIpc) is 2.64. The highest BCUT2D eigenvalue weighted by molar-refractivity contribution is 6.06. The Morgan fingerprint density at radius 3 is 2.37 bits per heavy atom. The molecule has 0 aliphatic carbocycles. The van der Waals surface area contributed by atoms with E-state index in [4.69, 9.17) is 4.74 Å². The first-order valence-corrected chi connectivity index (χ1v) is 6.63. The van der Waals surface area contributed by atoms with Gasteiger partial charge in [0, 0.05) is 13.0 Å². The van der Waals surface area contributed by atoms with Crippen LogP contribution in [0.3, 0.4) is 0 Å². The molecule has 1 aromatic carbocycles. The van der Waals surface area contributed by atoms with Gasteiger partial charge in [0.15, 0.2) is 0 Å². The van der Waals surface area contributed by atoms with Gasteiger partial charge in [0.05, 0.1) is 12.0 Å². The minimum Gasteiger partial charge on any atom is -0.491 e. The summed E-state index contributed by atoms with van der Waals surface area (Å²) >= 11 is 0. The normalized spacial score (nSPS) is 19.4. The molecule has 19 heavy (non-hydrogen) atoms. The summed E-state index contributed by atoms with van der Waals surface area (Å²) in [7, 11) is 0. The van der Waals surface area contributed by atoms with Crippen molar-refractivity contribution in [1.29, 1.82) is 0 Å². The number of likely N-dealkylation sites (N-methyl/N-ethyl adjacent to an activating group) is 1. The molecule has 2 amide bonds. The van der Waals surface area contributed by atoms with Gasteiger partial charge < -0.3 is 4.74 Å². The Morgan fingerprint density at radius 1 is 1.26 bits per heavy atom. The predicted molar refractivity (Wildman–Crippen MR) is 72.0 cm³/mol. The Balaban J connectivity index is 2.15. The second-order valence-corrected chi connectivity index (χ2v) is 4.97. The lowest BCUT2D eigenvalue weighted by Crippen LogP contribution is -2.29. The summed E-state index contributed by atoms with van der Waals surface area (Å²) in [6.07, 6.45) is 0.396. The van der Waals surface area contributed by atoms with E-state index in [9.17, 15) is 9.59 Å². The zero-order chi connectivity index (χ0) is 14.0. The zero-order valence-corrected chi connectivity index (χ0v) is 11.6. The standard InChI is InChI=1S/C15H19NO3/c1-4-16-14(17)9-13(15(16)18)11-5-7-12(8-6-11)19-10(2)3/h5-8,10,13H,4,9H2,1-3H3/t13-/m0/s1. The first-order valence-electron chi connectivity index (χ1n) is 6.63. The lowest BCUT2D eigenvalue weighted by Gasteiger charge is -2.13. The molecule has 0 aromatic heterocycles. The number of imide groups is 1. The van der Waals surface area contributed by atoms with E-state index in [1.54, 1.807) is 0 Å². The molecule has 2 rings (SSSR count). The van der Waals surface area contributed by atoms with E-state index >= 15 is 0 Å². The van der Waals surface area contributed by atoms with E-state index in [1.807, 2.05) is 45.0 Å². The van der Waals surface area contributed by atoms with E-state index in [2.05, 4.69) is 0 Å². The molecule has 4 heteroatoms. The van der Waals surface area contributed by atoms with Crippen molar-refractivity contribution in [2.24, 2.45) is 0 Å². The van der Waals surface area contributed by atoms with Crippen molar-refractivity contribution in [3.63, 3.8) is 0 Å². The summed E-state index contributed by atoms with van der Waals surface area (Å²) in [5.41, 5.74) is 0.880. The Bertz CT molecular complexity index is 479. The fourth-order valence-corrected chi connectivity index (χ4v) is 2.33. The number of rotatable bonds is 4. The number of benzene rings is 1. The van der Waals surface area contributed by atoms with Crippen LogP contribution in [0.2, 0.25) is 0 Å². The lowest BCUT2D eigenvalue weighted by atomic mass is 9.97. The second kappa shape index (κ2) is 5.43. The zero-order valence-electron chi connectivity index (χ0n) is 11.6. The van der Waals surface area contributed by atoms with E-state index < -0.39 is 0 Å². The van der Waals surface area contributed by atoms with Crippen LogP contribution in [-0.4, -0.2) is 29.4 Å². The topological polar surface area (TPSA) is 46.6 Å². The van der Waals surface area contributed by atoms with Gasteiger partial charge in [-0.1, -0.05) is 12.1 Å². The first-order chi connectivity index (χ1) is 9.02. The van der Waals surface area contributed by atoms with E-state index in [-0.39, 0.29) is 30.3 Å². The fraction of sp³-hybridized carbons (Fsp3) is 0.467. The quantitative estimate of drug-likeness (QED) is 0.781. The van der Waals surface area contributed by atoms with Crippen LogP contribution in [0.1, 0.15) is 38.7 Å². The van der Waals surface area contributed by atoms with Crippen LogP contribution in [0.4, 0.5) is 0 Å². The molecule has 0 N–H and O–H groups in total. The highest BCUT2D eigenvalue weighted by Gasteiger charge is 2.38. The third-order valence-corrected chi connectivity index (χ3v) is 3.21. The Hall–Kier alpha value is -1.84. The molecule has 102 valence electrons. The number of carbonyl (C=O) groups excluding carboxylic acids is 2. The number of hydrogen-bond acceptors (Lipinski definition) is 3. The summed E-state index contributed by atoms with van der Waals surface area (Å²) in [4.78, 5) is 25.1. The van der Waals surface area contributed by atoms with Crippen molar-refractivity contribution in [3.8, 4) is 5.75 Å². The van der Waals surface area contributed by atoms with Crippen LogP contribution in [-0.2, 0) is 9.59 Å². The van der Waals surface area contributed by atoms with Gasteiger partial charge in [-0.25, -0.2) is 0 Å². The van der Waals surface area contributed by atoms with Gasteiger partial charge in [0.1, 0.15) is 5.75 Å². The molecule has 1 heterocycles. The summed E-state index contributed by atoms with van der Waals surface area (Å²) in [6, 6.07) is 7.43. The minimum atomic E-state index is -0.333. The van der Waals surface area contributed by atoms with E-state index in [0.29, 0.717) is 6.54 Å². The number of hydrogen-bond donors (Lipinski definition) is 0. The summed E-state index contributed by atoms with van der Waals surface area (Å²) in [5, 5.41) is 0. The smallest absolute Gasteiger partial charge is 0.237 e. The van der Waals surface area contributed by atoms with Crippen molar-refractivity contribution in [2.45, 2.75) is 39.2 Å². The molecule has 1 aliphatic rings. The van der Waals surface area contributed by atoms with Crippen molar-refractivity contribution in [1.82, 2.24) is 4.90 Å². The molecule has 1 saturated heterocycles. The maximum absolute atomic E-state index is 12.1. The lowest BCUT2D eigenvalue weighted by molar-refractivity contribution is -0.138. The molecular weight excluding hydrogens is 242 g/mol. The van der Waals surface area contributed by atoms with Crippen LogP contribution in [0.25, 0.3) is 0 Å². The third kappa shape index (κ3) is 2.78. The van der Waals surface area contributed by atoms with E-state index in [1.165, 1.54) is 4.90 Å². The molecule has 0 radical (unpaired) electrons. The van der Waals surface area contributed by atoms with Crippen molar-refractivity contribution in [3.05, 3.63) is 29.8 Å². The van der Waals surface area contributed by atoms with Crippen LogP contribution in [0, 0.1) is 0 Å². The van der Waals surface area contributed by atoms with Crippen molar-refractivity contribution in [2.75, 3.05) is 6.54 Å². The first kappa shape index (κ1) is 13.6. The Morgan fingerprint density at radius 2 is 1.89 bits per heavy atom. The summed E-state index contributed by atoms with van der Waals surface area (Å²) < 4.78 is 5.56. The van der Waals surface area contributed by atoms with Gasteiger partial charge in [-0.3, -0.25) is 14.5 Å². The van der Waals surface area contributed by atoms with Gasteiger partial charge in [-0.05, 0) is 38.5 Å². The molecule has 1 fully saturated rings. The number of ether oxygens (including phenoxy) is 1. The second-order valence-electron chi connectivity index (χ2n) is 4.97. The monoisotopic (exact) mass is 261 g/mol. The third-order valence-electron chi connectivity index (χ3n) is 3.21. The molecule has 0 saturated carbocycles. The maximum atomic E-state index is 12.1. The van der Waals surface area contributed by atoms with Gasteiger partial charge in [0.25, 0.3) is 0 Å². The molecule has 1 aliphatic heterocycles. The number of nitrogens with zero attached hydrogens (tertiary/aromatic N) is 1. The van der Waals surface area contributed by atoms with Crippen molar-refractivity contribution >= 4 is 11.8 Å². The van der Waals surface area contributed by atoms with Gasteiger partial charge in [0.2, 0.25) is 11.8 Å². The van der Waals surface area contributed by atoms with Crippen LogP contribution < -0.4 is 4.74 Å². The SMILES string of the molecule is CCN1C(=O)C[C@@H](c2ccc(OC(C)C)cc2)C1=O. The highest BCUT2D eigenvalue weighted by Crippen LogP contribution is 2.30. The number of amides is 2. The minimum absolute atomic E-state index is 0.0833. The van der Waals surface area contributed by atoms with Gasteiger partial charge >= 0.3 is 0 Å². The predicted octanol–water partition coefficient (Wildman–Crippen LogP) is 2.34. The maximum Gasteiger partial charge on any atom is 0.237 e. The Kier molecular flexibility index (Phi) is 3.88. The number of likely N-dealkylation sites (tertiary alicyclic amines) is 1. The molecule has 0 bridgehead atoms. The Labute approximate surface area is 113 Å². The van der Waals surface area contributed by atoms with Crippen LogP contribution in [0.15, 0.2) is 24.3 Å². The molecule has 0 spiro atoms. The molecule has 4 nitrogen and oxygen atoms in total. The van der Waals surface area contributed by atoms with Gasteiger partial charge in [-0.2, -0.15) is 0 Å². The molecule has 1 aromatic rings.